The van der Waals surface area contributed by atoms with E-state index < -0.39 is 34.4 Å². The number of carbonyl (C=O) groups excluding carboxylic acids is 2. The number of hydrazone groups is 1. The predicted octanol–water partition coefficient (Wildman–Crippen LogP) is 5.96. The van der Waals surface area contributed by atoms with E-state index in [0.29, 0.717) is 14.4 Å². The summed E-state index contributed by atoms with van der Waals surface area (Å²) in [5.41, 5.74) is 3.61. The zero-order chi connectivity index (χ0) is 27.3. The van der Waals surface area contributed by atoms with Crippen molar-refractivity contribution in [3.05, 3.63) is 105 Å². The molecule has 39 heavy (non-hydrogen) atoms. The minimum absolute atomic E-state index is 0.0627. The average molecular weight is 580 g/mol. The van der Waals surface area contributed by atoms with E-state index in [0.717, 1.165) is 41.7 Å². The van der Waals surface area contributed by atoms with Gasteiger partial charge in [0.05, 0.1) is 17.3 Å². The van der Waals surface area contributed by atoms with Crippen molar-refractivity contribution >= 4 is 56.8 Å². The van der Waals surface area contributed by atoms with Gasteiger partial charge >= 0.3 is 0 Å². The number of halogens is 2. The van der Waals surface area contributed by atoms with Gasteiger partial charge in [0.1, 0.15) is 11.4 Å². The van der Waals surface area contributed by atoms with Gasteiger partial charge in [0.15, 0.2) is 0 Å². The van der Waals surface area contributed by atoms with Gasteiger partial charge in [-0.2, -0.15) is 5.10 Å². The van der Waals surface area contributed by atoms with Crippen LogP contribution in [-0.4, -0.2) is 41.8 Å². The van der Waals surface area contributed by atoms with Crippen molar-refractivity contribution in [1.29, 1.82) is 0 Å². The third-order valence-corrected chi connectivity index (χ3v) is 9.62. The van der Waals surface area contributed by atoms with Crippen LogP contribution in [0.15, 0.2) is 88.4 Å². The normalized spacial score (nSPS) is 22.6. The Hall–Kier alpha value is -3.46. The van der Waals surface area contributed by atoms with Crippen LogP contribution in [0.2, 0.25) is 10.0 Å². The van der Waals surface area contributed by atoms with E-state index in [4.69, 9.17) is 28.3 Å². The molecular weight excluding hydrogens is 557 g/mol. The maximum atomic E-state index is 13.8. The smallest absolute Gasteiger partial charge is 0.269 e. The minimum Gasteiger partial charge on any atom is -0.271 e. The molecule has 1 saturated carbocycles. The Kier molecular flexibility index (Phi) is 6.57. The highest BCUT2D eigenvalue weighted by atomic mass is 35.5. The highest BCUT2D eigenvalue weighted by Gasteiger charge is 2.47. The number of sulfonamides is 1. The zero-order valence-corrected chi connectivity index (χ0v) is 23.0. The monoisotopic (exact) mass is 579 g/mol. The molecule has 2 unspecified atom stereocenters. The molecule has 0 N–H and O–H groups in total. The van der Waals surface area contributed by atoms with Crippen molar-refractivity contribution in [2.75, 3.05) is 6.54 Å². The lowest BCUT2D eigenvalue weighted by Crippen LogP contribution is -2.41. The summed E-state index contributed by atoms with van der Waals surface area (Å²) in [7, 11) is -4.14. The summed E-state index contributed by atoms with van der Waals surface area (Å²) in [6, 6.07) is 20.3. The number of hydrogen-bond acceptors (Lipinski definition) is 5. The summed E-state index contributed by atoms with van der Waals surface area (Å²) in [5.74, 6) is -1.39. The fourth-order valence-corrected chi connectivity index (χ4v) is 7.42. The van der Waals surface area contributed by atoms with E-state index in [1.54, 1.807) is 24.3 Å². The van der Waals surface area contributed by atoms with Crippen molar-refractivity contribution < 1.29 is 18.0 Å². The number of hydrogen-bond donors (Lipinski definition) is 0. The molecule has 2 amide bonds. The SMILES string of the molecule is O=C(CN1C(=O)c2ccccc2S1(=O)=O)N1N=C2C(=Cc3cccc(Cl)c3)CCCC2C1c1ccc(Cl)cc1. The van der Waals surface area contributed by atoms with Gasteiger partial charge in [-0.25, -0.2) is 17.7 Å². The molecule has 3 aromatic rings. The van der Waals surface area contributed by atoms with Gasteiger partial charge in [-0.3, -0.25) is 9.59 Å². The second-order valence-electron chi connectivity index (χ2n) is 9.76. The lowest BCUT2D eigenvalue weighted by molar-refractivity contribution is -0.133. The van der Waals surface area contributed by atoms with E-state index in [1.807, 2.05) is 42.5 Å². The number of allylic oxidation sites excluding steroid dienone is 1. The lowest BCUT2D eigenvalue weighted by atomic mass is 9.77. The first-order valence-corrected chi connectivity index (χ1v) is 14.7. The van der Waals surface area contributed by atoms with E-state index >= 15 is 0 Å². The van der Waals surface area contributed by atoms with Crippen LogP contribution in [0.5, 0.6) is 0 Å². The molecule has 6 rings (SSSR count). The van der Waals surface area contributed by atoms with E-state index in [1.165, 1.54) is 17.1 Å². The second kappa shape index (κ2) is 9.93. The zero-order valence-electron chi connectivity index (χ0n) is 20.6. The van der Waals surface area contributed by atoms with Crippen LogP contribution in [-0.2, 0) is 14.8 Å². The number of nitrogens with zero attached hydrogens (tertiary/aromatic N) is 3. The Bertz CT molecular complexity index is 1670. The van der Waals surface area contributed by atoms with E-state index in [-0.39, 0.29) is 16.4 Å². The molecule has 2 atom stereocenters. The number of benzene rings is 3. The fraction of sp³-hybridized carbons (Fsp3) is 0.207. The third kappa shape index (κ3) is 4.56. The molecule has 10 heteroatoms. The molecule has 0 bridgehead atoms. The molecule has 0 saturated heterocycles. The Morgan fingerprint density at radius 2 is 1.77 bits per heavy atom. The standard InChI is InChI=1S/C29H23Cl2N3O4S/c30-21-13-11-19(12-14-21)28-24-9-4-6-20(15-18-5-3-7-22(31)16-18)27(24)32-34(28)26(35)17-33-29(36)23-8-1-2-10-25(23)39(33,37)38/h1-3,5,7-8,10-16,24,28H,4,6,9,17H2. The van der Waals surface area contributed by atoms with E-state index in [2.05, 4.69) is 0 Å². The summed E-state index contributed by atoms with van der Waals surface area (Å²) < 4.78 is 26.9. The molecule has 1 fully saturated rings. The summed E-state index contributed by atoms with van der Waals surface area (Å²) >= 11 is 12.3. The first kappa shape index (κ1) is 25.8. The van der Waals surface area contributed by atoms with Gasteiger partial charge in [0.25, 0.3) is 21.8 Å². The van der Waals surface area contributed by atoms with Crippen LogP contribution < -0.4 is 0 Å². The Morgan fingerprint density at radius 1 is 1.00 bits per heavy atom. The van der Waals surface area contributed by atoms with Crippen LogP contribution in [0.3, 0.4) is 0 Å². The molecule has 3 aliphatic rings. The quantitative estimate of drug-likeness (QED) is 0.381. The molecule has 0 aromatic heterocycles. The van der Waals surface area contributed by atoms with Crippen molar-refractivity contribution in [3.8, 4) is 0 Å². The van der Waals surface area contributed by atoms with Gasteiger partial charge in [-0.05, 0) is 78.4 Å². The topological polar surface area (TPSA) is 87.1 Å². The largest absolute Gasteiger partial charge is 0.271 e. The first-order valence-electron chi connectivity index (χ1n) is 12.5. The summed E-state index contributed by atoms with van der Waals surface area (Å²) in [5, 5.41) is 7.33. The van der Waals surface area contributed by atoms with Crippen LogP contribution in [0.1, 0.15) is 46.8 Å². The maximum Gasteiger partial charge on any atom is 0.269 e. The van der Waals surface area contributed by atoms with Crippen LogP contribution in [0, 0.1) is 5.92 Å². The van der Waals surface area contributed by atoms with E-state index in [9.17, 15) is 18.0 Å². The Labute approximate surface area is 236 Å². The van der Waals surface area contributed by atoms with Crippen molar-refractivity contribution in [1.82, 2.24) is 9.31 Å². The number of amides is 2. The second-order valence-corrected chi connectivity index (χ2v) is 12.5. The molecule has 3 aromatic carbocycles. The molecular formula is C29H23Cl2N3O4S. The summed E-state index contributed by atoms with van der Waals surface area (Å²) in [6.07, 6.45) is 4.52. The van der Waals surface area contributed by atoms with Crippen molar-refractivity contribution in [3.63, 3.8) is 0 Å². The highest BCUT2D eigenvalue weighted by Crippen LogP contribution is 2.45. The van der Waals surface area contributed by atoms with Crippen molar-refractivity contribution in [2.45, 2.75) is 30.2 Å². The first-order chi connectivity index (χ1) is 18.7. The molecule has 198 valence electrons. The van der Waals surface area contributed by atoms with Gasteiger partial charge in [-0.1, -0.05) is 59.6 Å². The van der Waals surface area contributed by atoms with Gasteiger partial charge in [-0.15, -0.1) is 0 Å². The predicted molar refractivity (Wildman–Crippen MR) is 150 cm³/mol. The van der Waals surface area contributed by atoms with Gasteiger partial charge in [0.2, 0.25) is 0 Å². The highest BCUT2D eigenvalue weighted by molar-refractivity contribution is 7.90. The lowest BCUT2D eigenvalue weighted by Gasteiger charge is -2.30. The van der Waals surface area contributed by atoms with Gasteiger partial charge in [0, 0.05) is 16.0 Å². The number of fused-ring (bicyclic) bond motifs is 2. The molecule has 0 radical (unpaired) electrons. The molecule has 1 aliphatic carbocycles. The maximum absolute atomic E-state index is 13.8. The molecule has 2 heterocycles. The minimum atomic E-state index is -4.14. The number of carbonyl (C=O) groups is 2. The average Bonchev–Trinajstić information content (AvgIpc) is 3.40. The summed E-state index contributed by atoms with van der Waals surface area (Å²) in [4.78, 5) is 26.7. The molecule has 2 aliphatic heterocycles. The summed E-state index contributed by atoms with van der Waals surface area (Å²) in [6.45, 7) is -0.642. The molecule has 7 nitrogen and oxygen atoms in total. The molecule has 0 spiro atoms. The Balaban J connectivity index is 1.38. The van der Waals surface area contributed by atoms with Crippen LogP contribution >= 0.6 is 23.2 Å². The Morgan fingerprint density at radius 3 is 2.51 bits per heavy atom. The number of rotatable bonds is 4. The van der Waals surface area contributed by atoms with Gasteiger partial charge < -0.3 is 0 Å². The van der Waals surface area contributed by atoms with Crippen molar-refractivity contribution in [2.24, 2.45) is 11.0 Å². The van der Waals surface area contributed by atoms with Crippen LogP contribution in [0.4, 0.5) is 0 Å². The third-order valence-electron chi connectivity index (χ3n) is 7.35. The van der Waals surface area contributed by atoms with Crippen LogP contribution in [0.25, 0.3) is 6.08 Å². The fourth-order valence-electron chi connectivity index (χ4n) is 5.58.